The second-order valence-corrected chi connectivity index (χ2v) is 7.61. The van der Waals surface area contributed by atoms with Gasteiger partial charge in [0.25, 0.3) is 0 Å². The van der Waals surface area contributed by atoms with E-state index in [1.54, 1.807) is 62.4 Å². The number of aliphatic hydroxyl groups is 1. The summed E-state index contributed by atoms with van der Waals surface area (Å²) in [5.74, 6) is -2.21. The summed E-state index contributed by atoms with van der Waals surface area (Å²) in [5, 5.41) is 11.6. The molecule has 10 heteroatoms. The molecule has 0 aliphatic rings. The number of hydrogen-bond donors (Lipinski definition) is 2. The smallest absolute Gasteiger partial charge is 0.330 e. The van der Waals surface area contributed by atoms with Crippen LogP contribution in [0, 0.1) is 0 Å². The number of hydrogen-bond acceptors (Lipinski definition) is 8. The fourth-order valence-electron chi connectivity index (χ4n) is 3.38. The van der Waals surface area contributed by atoms with Crippen molar-refractivity contribution in [1.29, 1.82) is 0 Å². The molecular formula is C27H32N2O8. The Bertz CT molecular complexity index is 1070. The Morgan fingerprint density at radius 1 is 0.973 bits per heavy atom. The molecule has 0 aromatic heterocycles. The van der Waals surface area contributed by atoms with Crippen molar-refractivity contribution in [1.82, 2.24) is 10.2 Å². The summed E-state index contributed by atoms with van der Waals surface area (Å²) in [6.07, 6.45) is 2.04. The van der Waals surface area contributed by atoms with Crippen molar-refractivity contribution in [3.63, 3.8) is 0 Å². The molecule has 0 saturated heterocycles. The minimum Gasteiger partial charge on any atom is -0.491 e. The highest BCUT2D eigenvalue weighted by molar-refractivity contribution is 5.97. The summed E-state index contributed by atoms with van der Waals surface area (Å²) in [6.45, 7) is 3.05. The Hall–Kier alpha value is -4.18. The molecule has 0 heterocycles. The molecular weight excluding hydrogens is 480 g/mol. The van der Waals surface area contributed by atoms with E-state index in [4.69, 9.17) is 19.3 Å². The van der Waals surface area contributed by atoms with Gasteiger partial charge in [-0.3, -0.25) is 14.4 Å². The average Bonchev–Trinajstić information content (AvgIpc) is 2.90. The van der Waals surface area contributed by atoms with Crippen LogP contribution >= 0.6 is 0 Å². The molecule has 0 fully saturated rings. The van der Waals surface area contributed by atoms with Crippen LogP contribution < -0.4 is 10.1 Å². The topological polar surface area (TPSA) is 131 Å². The molecule has 0 unspecified atom stereocenters. The monoisotopic (exact) mass is 512 g/mol. The lowest BCUT2D eigenvalue weighted by atomic mass is 10.0. The Labute approximate surface area is 215 Å². The minimum atomic E-state index is -1.20. The highest BCUT2D eigenvalue weighted by Crippen LogP contribution is 2.27. The number of carbonyl (C=O) groups is 4. The summed E-state index contributed by atoms with van der Waals surface area (Å²) in [4.78, 5) is 51.8. The lowest BCUT2D eigenvalue weighted by molar-refractivity contribution is -0.145. The number of rotatable bonds is 14. The number of ether oxygens (including phenoxy) is 3. The van der Waals surface area contributed by atoms with Gasteiger partial charge in [-0.1, -0.05) is 42.5 Å². The maximum Gasteiger partial charge on any atom is 0.330 e. The van der Waals surface area contributed by atoms with Gasteiger partial charge in [-0.15, -0.1) is 0 Å². The normalized spacial score (nSPS) is 11.4. The van der Waals surface area contributed by atoms with E-state index in [2.05, 4.69) is 5.32 Å². The highest BCUT2D eigenvalue weighted by Gasteiger charge is 2.31. The molecule has 2 amide bonds. The van der Waals surface area contributed by atoms with Gasteiger partial charge in [0.1, 0.15) is 24.9 Å². The fraction of sp³-hybridized carbons (Fsp3) is 0.333. The summed E-state index contributed by atoms with van der Waals surface area (Å²) >= 11 is 0. The first-order valence-corrected chi connectivity index (χ1v) is 11.9. The molecule has 2 aromatic carbocycles. The predicted octanol–water partition coefficient (Wildman–Crippen LogP) is 1.93. The molecule has 0 aliphatic carbocycles. The number of amides is 2. The third-order valence-corrected chi connectivity index (χ3v) is 4.93. The number of benzene rings is 2. The van der Waals surface area contributed by atoms with E-state index in [1.165, 1.54) is 4.90 Å². The largest absolute Gasteiger partial charge is 0.491 e. The molecule has 10 nitrogen and oxygen atoms in total. The van der Waals surface area contributed by atoms with Crippen LogP contribution in [0.25, 0.3) is 0 Å². The van der Waals surface area contributed by atoms with E-state index < -0.39 is 36.3 Å². The summed E-state index contributed by atoms with van der Waals surface area (Å²) < 4.78 is 15.2. The number of esters is 2. The third-order valence-electron chi connectivity index (χ3n) is 4.93. The second kappa shape index (κ2) is 15.7. The minimum absolute atomic E-state index is 0.0199. The average molecular weight is 513 g/mol. The van der Waals surface area contributed by atoms with Gasteiger partial charge < -0.3 is 29.5 Å². The maximum atomic E-state index is 13.4. The SMILES string of the molecule is CCOC(=O)/C=C/C(=O)N(Cc1ccccc1)[C@H](C(=O)NCC(=O)OCC)c1cccc(OCCO)c1. The first-order chi connectivity index (χ1) is 17.9. The Morgan fingerprint density at radius 2 is 1.70 bits per heavy atom. The molecule has 198 valence electrons. The van der Waals surface area contributed by atoms with Gasteiger partial charge in [0.2, 0.25) is 11.8 Å². The standard InChI is InChI=1S/C27H32N2O8/c1-3-35-24(32)14-13-23(31)29(19-20-9-6-5-7-10-20)26(27(34)28-18-25(33)36-4-2)21-11-8-12-22(17-21)37-16-15-30/h5-14,17,26,30H,3-4,15-16,18-19H2,1-2H3,(H,28,34)/b14-13+/t26-/m0/s1. The van der Waals surface area contributed by atoms with Crippen LogP contribution in [0.2, 0.25) is 0 Å². The number of nitrogens with zero attached hydrogens (tertiary/aromatic N) is 1. The van der Waals surface area contributed by atoms with E-state index in [9.17, 15) is 19.2 Å². The van der Waals surface area contributed by atoms with Crippen molar-refractivity contribution in [2.24, 2.45) is 0 Å². The lowest BCUT2D eigenvalue weighted by Crippen LogP contribution is -2.44. The van der Waals surface area contributed by atoms with Crippen LogP contribution in [-0.4, -0.2) is 66.7 Å². The van der Waals surface area contributed by atoms with Crippen LogP contribution in [0.15, 0.2) is 66.7 Å². The predicted molar refractivity (Wildman–Crippen MR) is 134 cm³/mol. The molecule has 37 heavy (non-hydrogen) atoms. The van der Waals surface area contributed by atoms with Crippen molar-refractivity contribution in [2.75, 3.05) is 33.0 Å². The quantitative estimate of drug-likeness (QED) is 0.290. The highest BCUT2D eigenvalue weighted by atomic mass is 16.5. The van der Waals surface area contributed by atoms with Crippen LogP contribution in [-0.2, 0) is 35.2 Å². The van der Waals surface area contributed by atoms with Gasteiger partial charge in [0.05, 0.1) is 19.8 Å². The van der Waals surface area contributed by atoms with E-state index in [-0.39, 0.29) is 33.0 Å². The molecule has 0 aliphatic heterocycles. The number of carbonyl (C=O) groups excluding carboxylic acids is 4. The van der Waals surface area contributed by atoms with Crippen LogP contribution in [0.3, 0.4) is 0 Å². The first kappa shape index (κ1) is 29.1. The van der Waals surface area contributed by atoms with Gasteiger partial charge in [-0.2, -0.15) is 0 Å². The summed E-state index contributed by atoms with van der Waals surface area (Å²) in [7, 11) is 0. The number of nitrogens with one attached hydrogen (secondary N) is 1. The van der Waals surface area contributed by atoms with Gasteiger partial charge in [-0.25, -0.2) is 4.79 Å². The van der Waals surface area contributed by atoms with E-state index >= 15 is 0 Å². The van der Waals surface area contributed by atoms with Gasteiger partial charge in [0, 0.05) is 18.7 Å². The van der Waals surface area contributed by atoms with Crippen LogP contribution in [0.4, 0.5) is 0 Å². The molecule has 0 radical (unpaired) electrons. The Balaban J connectivity index is 2.50. The van der Waals surface area contributed by atoms with Crippen molar-refractivity contribution in [2.45, 2.75) is 26.4 Å². The first-order valence-electron chi connectivity index (χ1n) is 11.9. The summed E-state index contributed by atoms with van der Waals surface area (Å²) in [5.41, 5.74) is 1.13. The fourth-order valence-corrected chi connectivity index (χ4v) is 3.38. The van der Waals surface area contributed by atoms with Gasteiger partial charge in [-0.05, 0) is 37.1 Å². The zero-order valence-electron chi connectivity index (χ0n) is 20.9. The van der Waals surface area contributed by atoms with Gasteiger partial charge >= 0.3 is 11.9 Å². The zero-order chi connectivity index (χ0) is 27.0. The van der Waals surface area contributed by atoms with Crippen molar-refractivity contribution in [3.8, 4) is 5.75 Å². The van der Waals surface area contributed by atoms with Crippen molar-refractivity contribution in [3.05, 3.63) is 77.9 Å². The van der Waals surface area contributed by atoms with E-state index in [0.717, 1.165) is 17.7 Å². The second-order valence-electron chi connectivity index (χ2n) is 7.61. The maximum absolute atomic E-state index is 13.4. The molecule has 2 rings (SSSR count). The zero-order valence-corrected chi connectivity index (χ0v) is 20.9. The summed E-state index contributed by atoms with van der Waals surface area (Å²) in [6, 6.07) is 14.3. The number of aliphatic hydroxyl groups excluding tert-OH is 1. The van der Waals surface area contributed by atoms with Crippen molar-refractivity contribution < 1.29 is 38.5 Å². The Kier molecular flexibility index (Phi) is 12.4. The van der Waals surface area contributed by atoms with Gasteiger partial charge in [0.15, 0.2) is 0 Å². The molecule has 0 spiro atoms. The van der Waals surface area contributed by atoms with Crippen molar-refractivity contribution >= 4 is 23.8 Å². The molecule has 0 bridgehead atoms. The van der Waals surface area contributed by atoms with Crippen LogP contribution in [0.1, 0.15) is 31.0 Å². The molecule has 2 aromatic rings. The third kappa shape index (κ3) is 9.77. The van der Waals surface area contributed by atoms with E-state index in [1.807, 2.05) is 6.07 Å². The van der Waals surface area contributed by atoms with E-state index in [0.29, 0.717) is 11.3 Å². The molecule has 0 saturated carbocycles. The lowest BCUT2D eigenvalue weighted by Gasteiger charge is -2.31. The molecule has 2 N–H and O–H groups in total. The Morgan fingerprint density at radius 3 is 2.38 bits per heavy atom. The van der Waals surface area contributed by atoms with Crippen LogP contribution in [0.5, 0.6) is 5.75 Å². The molecule has 1 atom stereocenters.